The first-order valence-corrected chi connectivity index (χ1v) is 9.42. The third kappa shape index (κ3) is 4.04. The van der Waals surface area contributed by atoms with Gasteiger partial charge < -0.3 is 4.90 Å². The summed E-state index contributed by atoms with van der Waals surface area (Å²) in [6, 6.07) is 11.7. The molecule has 29 heavy (non-hydrogen) atoms. The van der Waals surface area contributed by atoms with Gasteiger partial charge in [-0.25, -0.2) is 4.98 Å². The topological polar surface area (TPSA) is 41.4 Å². The molecule has 152 valence electrons. The smallest absolute Gasteiger partial charge is 0.304 e. The molecule has 2 heterocycles. The second-order valence-corrected chi connectivity index (χ2v) is 7.31. The molecular weight excluding hydrogens is 381 g/mol. The molecule has 3 aromatic rings. The van der Waals surface area contributed by atoms with Crippen molar-refractivity contribution in [2.45, 2.75) is 12.7 Å². The van der Waals surface area contributed by atoms with Crippen molar-refractivity contribution in [1.29, 1.82) is 0 Å². The van der Waals surface area contributed by atoms with Gasteiger partial charge in [0.1, 0.15) is 5.82 Å². The number of halogens is 3. The molecule has 0 spiro atoms. The van der Waals surface area contributed by atoms with E-state index in [0.29, 0.717) is 29.0 Å². The van der Waals surface area contributed by atoms with Crippen LogP contribution in [0.2, 0.25) is 0 Å². The Morgan fingerprint density at radius 2 is 1.62 bits per heavy atom. The molecule has 0 amide bonds. The van der Waals surface area contributed by atoms with Crippen LogP contribution in [0.4, 0.5) is 13.2 Å². The minimum atomic E-state index is -4.42. The number of benzene rings is 2. The number of hydrogen-bond donors (Lipinski definition) is 0. The van der Waals surface area contributed by atoms with Crippen molar-refractivity contribution in [2.75, 3.05) is 33.2 Å². The molecule has 1 saturated heterocycles. The minimum absolute atomic E-state index is 0.278. The Balaban J connectivity index is 1.80. The zero-order valence-electron chi connectivity index (χ0n) is 16.0. The van der Waals surface area contributed by atoms with Crippen LogP contribution in [-0.2, 0) is 12.7 Å². The Morgan fingerprint density at radius 3 is 2.28 bits per heavy atom. The van der Waals surface area contributed by atoms with Gasteiger partial charge in [-0.05, 0) is 43.4 Å². The quantitative estimate of drug-likeness (QED) is 0.675. The summed E-state index contributed by atoms with van der Waals surface area (Å²) in [7, 11) is 2.06. The van der Waals surface area contributed by atoms with Gasteiger partial charge in [-0.2, -0.15) is 13.2 Å². The van der Waals surface area contributed by atoms with Crippen molar-refractivity contribution >= 4 is 10.9 Å². The van der Waals surface area contributed by atoms with Crippen molar-refractivity contribution in [3.8, 4) is 5.69 Å². The van der Waals surface area contributed by atoms with Crippen molar-refractivity contribution < 1.29 is 13.2 Å². The number of para-hydroxylation sites is 1. The van der Waals surface area contributed by atoms with E-state index in [1.165, 1.54) is 16.7 Å². The van der Waals surface area contributed by atoms with Gasteiger partial charge in [-0.15, -0.1) is 0 Å². The van der Waals surface area contributed by atoms with Crippen LogP contribution in [-0.4, -0.2) is 52.6 Å². The predicted molar refractivity (Wildman–Crippen MR) is 105 cm³/mol. The normalized spacial score (nSPS) is 16.4. The number of nitrogens with zero attached hydrogens (tertiary/aromatic N) is 4. The Hall–Kier alpha value is -2.71. The highest BCUT2D eigenvalue weighted by molar-refractivity contribution is 5.77. The maximum atomic E-state index is 13.2. The molecule has 2 aromatic carbocycles. The fourth-order valence-corrected chi connectivity index (χ4v) is 3.56. The van der Waals surface area contributed by atoms with Crippen molar-refractivity contribution in [1.82, 2.24) is 19.4 Å². The maximum Gasteiger partial charge on any atom is 0.416 e. The Kier molecular flexibility index (Phi) is 5.14. The zero-order chi connectivity index (χ0) is 20.6. The largest absolute Gasteiger partial charge is 0.416 e. The fraction of sp³-hybridized carbons (Fsp3) is 0.333. The van der Waals surface area contributed by atoms with E-state index >= 15 is 0 Å². The molecule has 0 N–H and O–H groups in total. The van der Waals surface area contributed by atoms with E-state index in [1.54, 1.807) is 18.2 Å². The van der Waals surface area contributed by atoms with Gasteiger partial charge in [-0.3, -0.25) is 14.3 Å². The van der Waals surface area contributed by atoms with Gasteiger partial charge in [0.2, 0.25) is 0 Å². The van der Waals surface area contributed by atoms with Crippen LogP contribution in [0.1, 0.15) is 11.4 Å². The van der Waals surface area contributed by atoms with Crippen LogP contribution in [0.25, 0.3) is 16.6 Å². The lowest BCUT2D eigenvalue weighted by Crippen LogP contribution is -2.44. The number of aromatic nitrogens is 2. The number of rotatable bonds is 3. The van der Waals surface area contributed by atoms with E-state index in [0.717, 1.165) is 38.3 Å². The van der Waals surface area contributed by atoms with Crippen molar-refractivity contribution in [2.24, 2.45) is 0 Å². The molecule has 0 unspecified atom stereocenters. The highest BCUT2D eigenvalue weighted by Crippen LogP contribution is 2.29. The number of alkyl halides is 3. The standard InChI is InChI=1S/C21H21F3N4O/c1-26-10-12-27(13-11-26)14-19-25-18-5-3-2-4-17(18)20(29)28(19)16-8-6-15(7-9-16)21(22,23)24/h2-9H,10-14H2,1H3. The summed E-state index contributed by atoms with van der Waals surface area (Å²) in [5.74, 6) is 0.526. The van der Waals surface area contributed by atoms with Crippen LogP contribution in [0.5, 0.6) is 0 Å². The monoisotopic (exact) mass is 402 g/mol. The third-order valence-corrected chi connectivity index (χ3v) is 5.26. The molecule has 5 nitrogen and oxygen atoms in total. The predicted octanol–water partition coefficient (Wildman–Crippen LogP) is 3.15. The molecule has 1 fully saturated rings. The first-order chi connectivity index (χ1) is 13.8. The number of fused-ring (bicyclic) bond motifs is 1. The molecular formula is C21H21F3N4O. The highest BCUT2D eigenvalue weighted by atomic mass is 19.4. The number of likely N-dealkylation sites (N-methyl/N-ethyl adjacent to an activating group) is 1. The zero-order valence-corrected chi connectivity index (χ0v) is 16.0. The van der Waals surface area contributed by atoms with Gasteiger partial charge in [0.15, 0.2) is 0 Å². The van der Waals surface area contributed by atoms with Crippen molar-refractivity contribution in [3.63, 3.8) is 0 Å². The lowest BCUT2D eigenvalue weighted by Gasteiger charge is -2.32. The summed E-state index contributed by atoms with van der Waals surface area (Å²) >= 11 is 0. The van der Waals surface area contributed by atoms with Crippen molar-refractivity contribution in [3.05, 3.63) is 70.3 Å². The molecule has 1 aliphatic heterocycles. The third-order valence-electron chi connectivity index (χ3n) is 5.26. The molecule has 0 saturated carbocycles. The Bertz CT molecular complexity index is 1070. The fourth-order valence-electron chi connectivity index (χ4n) is 3.56. The second kappa shape index (κ2) is 7.61. The minimum Gasteiger partial charge on any atom is -0.304 e. The van der Waals surface area contributed by atoms with Crippen LogP contribution in [0, 0.1) is 0 Å². The molecule has 8 heteroatoms. The van der Waals surface area contributed by atoms with E-state index in [2.05, 4.69) is 21.8 Å². The van der Waals surface area contributed by atoms with Gasteiger partial charge in [-0.1, -0.05) is 12.1 Å². The molecule has 1 aromatic heterocycles. The molecule has 0 aliphatic carbocycles. The lowest BCUT2D eigenvalue weighted by molar-refractivity contribution is -0.137. The lowest BCUT2D eigenvalue weighted by atomic mass is 10.2. The SMILES string of the molecule is CN1CCN(Cc2nc3ccccc3c(=O)n2-c2ccc(C(F)(F)F)cc2)CC1. The summed E-state index contributed by atoms with van der Waals surface area (Å²) in [5.41, 5.74) is -0.0571. The average Bonchev–Trinajstić information content (AvgIpc) is 2.69. The van der Waals surface area contributed by atoms with E-state index < -0.39 is 11.7 Å². The van der Waals surface area contributed by atoms with Gasteiger partial charge in [0.25, 0.3) is 5.56 Å². The molecule has 4 rings (SSSR count). The molecule has 0 atom stereocenters. The first kappa shape index (κ1) is 19.6. The van der Waals surface area contributed by atoms with E-state index in [-0.39, 0.29) is 5.56 Å². The van der Waals surface area contributed by atoms with Gasteiger partial charge in [0.05, 0.1) is 28.7 Å². The summed E-state index contributed by atoms with van der Waals surface area (Å²) < 4.78 is 40.2. The second-order valence-electron chi connectivity index (χ2n) is 7.31. The summed E-state index contributed by atoms with van der Waals surface area (Å²) in [6.07, 6.45) is -4.42. The maximum absolute atomic E-state index is 13.2. The summed E-state index contributed by atoms with van der Waals surface area (Å²) in [4.78, 5) is 22.3. The average molecular weight is 402 g/mol. The van der Waals surface area contributed by atoms with E-state index in [1.807, 2.05) is 6.07 Å². The highest BCUT2D eigenvalue weighted by Gasteiger charge is 2.30. The molecule has 0 radical (unpaired) electrons. The molecule has 1 aliphatic rings. The summed E-state index contributed by atoms with van der Waals surface area (Å²) in [6.45, 7) is 3.96. The number of piperazine rings is 1. The van der Waals surface area contributed by atoms with Crippen LogP contribution < -0.4 is 5.56 Å². The molecule has 0 bridgehead atoms. The van der Waals surface area contributed by atoms with Crippen LogP contribution in [0.15, 0.2) is 53.3 Å². The summed E-state index contributed by atoms with van der Waals surface area (Å²) in [5, 5.41) is 0.439. The Morgan fingerprint density at radius 1 is 0.966 bits per heavy atom. The van der Waals surface area contributed by atoms with Crippen LogP contribution >= 0.6 is 0 Å². The van der Waals surface area contributed by atoms with Gasteiger partial charge >= 0.3 is 6.18 Å². The van der Waals surface area contributed by atoms with E-state index in [4.69, 9.17) is 0 Å². The van der Waals surface area contributed by atoms with E-state index in [9.17, 15) is 18.0 Å². The first-order valence-electron chi connectivity index (χ1n) is 9.42. The number of hydrogen-bond acceptors (Lipinski definition) is 4. The van der Waals surface area contributed by atoms with Gasteiger partial charge in [0, 0.05) is 26.2 Å². The van der Waals surface area contributed by atoms with Crippen LogP contribution in [0.3, 0.4) is 0 Å². The Labute approximate surface area is 166 Å².